The lowest BCUT2D eigenvalue weighted by Gasteiger charge is -2.07. The van der Waals surface area contributed by atoms with Gasteiger partial charge < -0.3 is 9.84 Å². The maximum Gasteiger partial charge on any atom is 0.335 e. The standard InChI is InChI=1S/C17H11ClN2O3/c18-13-3-1-2-12(8-13)15-9-16(20-10-19-15)23-14-6-4-11(5-7-14)17(21)22/h1-10H,(H,21,22). The molecule has 6 heteroatoms. The number of nitrogens with zero attached hydrogens (tertiary/aromatic N) is 2. The molecule has 0 atom stereocenters. The van der Waals surface area contributed by atoms with Crippen molar-refractivity contribution in [1.29, 1.82) is 0 Å². The van der Waals surface area contributed by atoms with Crippen molar-refractivity contribution in [1.82, 2.24) is 9.97 Å². The molecule has 23 heavy (non-hydrogen) atoms. The van der Waals surface area contributed by atoms with Gasteiger partial charge in [0, 0.05) is 16.7 Å². The Hall–Kier alpha value is -2.92. The molecule has 0 spiro atoms. The smallest absolute Gasteiger partial charge is 0.335 e. The minimum Gasteiger partial charge on any atom is -0.478 e. The van der Waals surface area contributed by atoms with Crippen LogP contribution >= 0.6 is 11.6 Å². The fraction of sp³-hybridized carbons (Fsp3) is 0. The number of aromatic carboxylic acids is 1. The van der Waals surface area contributed by atoms with E-state index in [-0.39, 0.29) is 5.56 Å². The van der Waals surface area contributed by atoms with Crippen LogP contribution in [-0.2, 0) is 0 Å². The molecule has 114 valence electrons. The second-order valence-electron chi connectivity index (χ2n) is 4.68. The van der Waals surface area contributed by atoms with E-state index in [1.165, 1.54) is 18.5 Å². The topological polar surface area (TPSA) is 72.3 Å². The lowest BCUT2D eigenvalue weighted by atomic mass is 10.1. The molecule has 0 aliphatic rings. The predicted octanol–water partition coefficient (Wildman–Crippen LogP) is 4.29. The summed E-state index contributed by atoms with van der Waals surface area (Å²) in [4.78, 5) is 19.1. The quantitative estimate of drug-likeness (QED) is 0.774. The average molecular weight is 327 g/mol. The zero-order valence-electron chi connectivity index (χ0n) is 11.8. The largest absolute Gasteiger partial charge is 0.478 e. The van der Waals surface area contributed by atoms with Crippen LogP contribution in [0.3, 0.4) is 0 Å². The van der Waals surface area contributed by atoms with Crippen LogP contribution in [0.4, 0.5) is 0 Å². The number of carboxylic acid groups (broad SMARTS) is 1. The van der Waals surface area contributed by atoms with Gasteiger partial charge in [-0.25, -0.2) is 14.8 Å². The number of carboxylic acids is 1. The summed E-state index contributed by atoms with van der Waals surface area (Å²) in [6.07, 6.45) is 1.40. The molecule has 0 saturated carbocycles. The first-order chi connectivity index (χ1) is 11.1. The Morgan fingerprint density at radius 2 is 1.83 bits per heavy atom. The second kappa shape index (κ2) is 6.46. The van der Waals surface area contributed by atoms with Gasteiger partial charge in [0.2, 0.25) is 5.88 Å². The highest BCUT2D eigenvalue weighted by Gasteiger charge is 2.06. The molecule has 0 fully saturated rings. The van der Waals surface area contributed by atoms with Gasteiger partial charge in [-0.3, -0.25) is 0 Å². The normalized spacial score (nSPS) is 10.3. The molecule has 0 radical (unpaired) electrons. The summed E-state index contributed by atoms with van der Waals surface area (Å²) in [6, 6.07) is 15.1. The molecule has 1 aromatic heterocycles. The number of hydrogen-bond donors (Lipinski definition) is 1. The lowest BCUT2D eigenvalue weighted by molar-refractivity contribution is 0.0697. The maximum absolute atomic E-state index is 10.8. The molecule has 0 aliphatic heterocycles. The Morgan fingerprint density at radius 3 is 2.52 bits per heavy atom. The Balaban J connectivity index is 1.84. The molecule has 0 saturated heterocycles. The molecule has 3 aromatic rings. The van der Waals surface area contributed by atoms with Gasteiger partial charge in [0.05, 0.1) is 11.3 Å². The Labute approximate surface area is 137 Å². The van der Waals surface area contributed by atoms with Gasteiger partial charge in [-0.2, -0.15) is 0 Å². The first-order valence-electron chi connectivity index (χ1n) is 6.71. The number of hydrogen-bond acceptors (Lipinski definition) is 4. The van der Waals surface area contributed by atoms with E-state index in [0.29, 0.717) is 22.3 Å². The van der Waals surface area contributed by atoms with Crippen molar-refractivity contribution in [2.45, 2.75) is 0 Å². The van der Waals surface area contributed by atoms with Crippen molar-refractivity contribution >= 4 is 17.6 Å². The highest BCUT2D eigenvalue weighted by atomic mass is 35.5. The van der Waals surface area contributed by atoms with Crippen LogP contribution < -0.4 is 4.74 Å². The van der Waals surface area contributed by atoms with Gasteiger partial charge in [-0.15, -0.1) is 0 Å². The third kappa shape index (κ3) is 3.64. The molecular weight excluding hydrogens is 316 g/mol. The van der Waals surface area contributed by atoms with Crippen molar-refractivity contribution < 1.29 is 14.6 Å². The molecule has 1 heterocycles. The maximum atomic E-state index is 10.8. The fourth-order valence-electron chi connectivity index (χ4n) is 1.99. The summed E-state index contributed by atoms with van der Waals surface area (Å²) < 4.78 is 5.63. The van der Waals surface area contributed by atoms with E-state index < -0.39 is 5.97 Å². The minimum absolute atomic E-state index is 0.194. The van der Waals surface area contributed by atoms with Crippen molar-refractivity contribution in [3.05, 3.63) is 71.5 Å². The molecule has 0 aliphatic carbocycles. The minimum atomic E-state index is -0.984. The van der Waals surface area contributed by atoms with E-state index in [9.17, 15) is 4.79 Å². The molecule has 2 aromatic carbocycles. The van der Waals surface area contributed by atoms with Crippen LogP contribution in [0.5, 0.6) is 11.6 Å². The Kier molecular flexibility index (Phi) is 4.21. The molecule has 0 amide bonds. The molecule has 0 unspecified atom stereocenters. The molecular formula is C17H11ClN2O3. The zero-order valence-corrected chi connectivity index (χ0v) is 12.6. The van der Waals surface area contributed by atoms with Gasteiger partial charge >= 0.3 is 5.97 Å². The summed E-state index contributed by atoms with van der Waals surface area (Å²) >= 11 is 5.98. The predicted molar refractivity (Wildman–Crippen MR) is 86.0 cm³/mol. The van der Waals surface area contributed by atoms with E-state index in [4.69, 9.17) is 21.4 Å². The van der Waals surface area contributed by atoms with Crippen LogP contribution in [0, 0.1) is 0 Å². The monoisotopic (exact) mass is 326 g/mol. The molecule has 1 N–H and O–H groups in total. The van der Waals surface area contributed by atoms with Gasteiger partial charge in [0.15, 0.2) is 0 Å². The van der Waals surface area contributed by atoms with E-state index in [1.807, 2.05) is 12.1 Å². The van der Waals surface area contributed by atoms with Crippen LogP contribution in [0.15, 0.2) is 60.9 Å². The van der Waals surface area contributed by atoms with Crippen molar-refractivity contribution in [2.75, 3.05) is 0 Å². The first kappa shape index (κ1) is 15.0. The van der Waals surface area contributed by atoms with Crippen LogP contribution in [-0.4, -0.2) is 21.0 Å². The van der Waals surface area contributed by atoms with E-state index in [1.54, 1.807) is 30.3 Å². The van der Waals surface area contributed by atoms with Gasteiger partial charge in [0.1, 0.15) is 12.1 Å². The van der Waals surface area contributed by atoms with Gasteiger partial charge in [0.25, 0.3) is 0 Å². The van der Waals surface area contributed by atoms with E-state index in [0.717, 1.165) is 5.56 Å². The number of benzene rings is 2. The number of aromatic nitrogens is 2. The Bertz CT molecular complexity index is 850. The van der Waals surface area contributed by atoms with Crippen molar-refractivity contribution in [2.24, 2.45) is 0 Å². The number of ether oxygens (including phenoxy) is 1. The fourth-order valence-corrected chi connectivity index (χ4v) is 2.18. The SMILES string of the molecule is O=C(O)c1ccc(Oc2cc(-c3cccc(Cl)c3)ncn2)cc1. The van der Waals surface area contributed by atoms with Crippen LogP contribution in [0.1, 0.15) is 10.4 Å². The highest BCUT2D eigenvalue weighted by molar-refractivity contribution is 6.30. The summed E-state index contributed by atoms with van der Waals surface area (Å²) in [5.41, 5.74) is 1.73. The third-order valence-corrected chi connectivity index (χ3v) is 3.32. The zero-order chi connectivity index (χ0) is 16.2. The summed E-state index contributed by atoms with van der Waals surface area (Å²) in [5, 5.41) is 9.50. The first-order valence-corrected chi connectivity index (χ1v) is 7.09. The lowest BCUT2D eigenvalue weighted by Crippen LogP contribution is -1.96. The van der Waals surface area contributed by atoms with E-state index in [2.05, 4.69) is 9.97 Å². The molecule has 0 bridgehead atoms. The second-order valence-corrected chi connectivity index (χ2v) is 5.12. The Morgan fingerprint density at radius 1 is 1.04 bits per heavy atom. The van der Waals surface area contributed by atoms with E-state index >= 15 is 0 Å². The number of halogens is 1. The molecule has 3 rings (SSSR count). The third-order valence-electron chi connectivity index (χ3n) is 3.09. The summed E-state index contributed by atoms with van der Waals surface area (Å²) in [6.45, 7) is 0. The van der Waals surface area contributed by atoms with Gasteiger partial charge in [-0.05, 0) is 36.4 Å². The highest BCUT2D eigenvalue weighted by Crippen LogP contribution is 2.25. The van der Waals surface area contributed by atoms with Crippen LogP contribution in [0.25, 0.3) is 11.3 Å². The number of rotatable bonds is 4. The van der Waals surface area contributed by atoms with Gasteiger partial charge in [-0.1, -0.05) is 23.7 Å². The number of carbonyl (C=O) groups is 1. The van der Waals surface area contributed by atoms with Crippen molar-refractivity contribution in [3.63, 3.8) is 0 Å². The summed E-state index contributed by atoms with van der Waals surface area (Å²) in [7, 11) is 0. The van der Waals surface area contributed by atoms with Crippen molar-refractivity contribution in [3.8, 4) is 22.9 Å². The average Bonchev–Trinajstić information content (AvgIpc) is 2.56. The summed E-state index contributed by atoms with van der Waals surface area (Å²) in [5.74, 6) is -0.134. The molecule has 5 nitrogen and oxygen atoms in total. The van der Waals surface area contributed by atoms with Crippen LogP contribution in [0.2, 0.25) is 5.02 Å².